The van der Waals surface area contributed by atoms with Crippen LogP contribution in [0.3, 0.4) is 0 Å². The number of carbonyl (C=O) groups is 1. The average molecular weight is 361 g/mol. The first-order valence-corrected chi connectivity index (χ1v) is 10.7. The molecule has 2 heterocycles. The van der Waals surface area contributed by atoms with Crippen molar-refractivity contribution >= 4 is 17.7 Å². The van der Waals surface area contributed by atoms with Crippen LogP contribution < -0.4 is 0 Å². The van der Waals surface area contributed by atoms with Gasteiger partial charge in [0.15, 0.2) is 0 Å². The zero-order valence-corrected chi connectivity index (χ0v) is 15.6. The molecule has 0 aromatic heterocycles. The van der Waals surface area contributed by atoms with Gasteiger partial charge >= 0.3 is 0 Å². The van der Waals surface area contributed by atoms with Gasteiger partial charge in [0, 0.05) is 38.0 Å². The third-order valence-electron chi connectivity index (χ3n) is 5.46. The summed E-state index contributed by atoms with van der Waals surface area (Å²) < 4.78 is 6.25. The molecule has 0 bridgehead atoms. The van der Waals surface area contributed by atoms with E-state index in [1.807, 2.05) is 34.9 Å². The van der Waals surface area contributed by atoms with Crippen molar-refractivity contribution in [3.05, 3.63) is 35.9 Å². The zero-order chi connectivity index (χ0) is 17.1. The Balaban J connectivity index is 1.45. The Labute approximate surface area is 154 Å². The van der Waals surface area contributed by atoms with Crippen molar-refractivity contribution < 1.29 is 9.53 Å². The molecular formula is C20H28N2O2S. The molecule has 136 valence electrons. The quantitative estimate of drug-likeness (QED) is 0.781. The number of ether oxygens (including phenoxy) is 1. The van der Waals surface area contributed by atoms with Crippen LogP contribution in [0.5, 0.6) is 0 Å². The van der Waals surface area contributed by atoms with E-state index < -0.39 is 0 Å². The van der Waals surface area contributed by atoms with Crippen molar-refractivity contribution in [3.8, 4) is 0 Å². The maximum absolute atomic E-state index is 12.9. The molecule has 2 aliphatic heterocycles. The Kier molecular flexibility index (Phi) is 5.63. The number of benzene rings is 1. The highest BCUT2D eigenvalue weighted by molar-refractivity contribution is 7.99. The molecular weight excluding hydrogens is 332 g/mol. The molecule has 1 amide bonds. The fourth-order valence-corrected chi connectivity index (χ4v) is 4.97. The molecule has 1 saturated carbocycles. The van der Waals surface area contributed by atoms with Gasteiger partial charge in [-0.2, -0.15) is 11.8 Å². The fourth-order valence-electron chi connectivity index (χ4n) is 3.71. The molecule has 0 spiro atoms. The minimum atomic E-state index is 0.140. The third kappa shape index (κ3) is 4.78. The van der Waals surface area contributed by atoms with Crippen LogP contribution in [0.1, 0.15) is 24.8 Å². The number of amides is 1. The molecule has 0 N–H and O–H groups in total. The predicted molar refractivity (Wildman–Crippen MR) is 102 cm³/mol. The van der Waals surface area contributed by atoms with Crippen LogP contribution in [0, 0.1) is 5.92 Å². The molecule has 2 atom stereocenters. The first-order chi connectivity index (χ1) is 12.3. The SMILES string of the molecule is O=C1CN(C2CCSC2)CC(OCC2CC2)CN1Cc1ccccc1. The molecule has 1 aromatic rings. The highest BCUT2D eigenvalue weighted by Gasteiger charge is 2.34. The largest absolute Gasteiger partial charge is 0.375 e. The van der Waals surface area contributed by atoms with E-state index in [-0.39, 0.29) is 12.0 Å². The number of hydrogen-bond donors (Lipinski definition) is 0. The van der Waals surface area contributed by atoms with Gasteiger partial charge in [-0.1, -0.05) is 30.3 Å². The topological polar surface area (TPSA) is 32.8 Å². The smallest absolute Gasteiger partial charge is 0.237 e. The monoisotopic (exact) mass is 360 g/mol. The van der Waals surface area contributed by atoms with Gasteiger partial charge in [-0.05, 0) is 36.5 Å². The molecule has 5 heteroatoms. The maximum atomic E-state index is 12.9. The first kappa shape index (κ1) is 17.4. The van der Waals surface area contributed by atoms with E-state index in [2.05, 4.69) is 17.0 Å². The Hall–Kier alpha value is -1.04. The van der Waals surface area contributed by atoms with E-state index in [0.717, 1.165) is 31.4 Å². The van der Waals surface area contributed by atoms with Crippen LogP contribution >= 0.6 is 11.8 Å². The van der Waals surface area contributed by atoms with E-state index in [9.17, 15) is 4.79 Å². The van der Waals surface area contributed by atoms with Gasteiger partial charge in [-0.15, -0.1) is 0 Å². The van der Waals surface area contributed by atoms with E-state index in [1.165, 1.54) is 30.6 Å². The predicted octanol–water partition coefficient (Wildman–Crippen LogP) is 2.63. The van der Waals surface area contributed by atoms with Gasteiger partial charge < -0.3 is 9.64 Å². The summed E-state index contributed by atoms with van der Waals surface area (Å²) in [5, 5.41) is 0. The summed E-state index contributed by atoms with van der Waals surface area (Å²) in [5.74, 6) is 3.38. The Morgan fingerprint density at radius 3 is 2.68 bits per heavy atom. The van der Waals surface area contributed by atoms with Crippen molar-refractivity contribution in [1.29, 1.82) is 0 Å². The average Bonchev–Trinajstić information content (AvgIpc) is 3.33. The highest BCUT2D eigenvalue weighted by Crippen LogP contribution is 2.30. The minimum Gasteiger partial charge on any atom is -0.375 e. The van der Waals surface area contributed by atoms with Crippen molar-refractivity contribution in [2.24, 2.45) is 5.92 Å². The summed E-state index contributed by atoms with van der Waals surface area (Å²) in [6.45, 7) is 3.72. The second-order valence-corrected chi connectivity index (χ2v) is 8.76. The van der Waals surface area contributed by atoms with Crippen LogP contribution in [0.15, 0.2) is 30.3 Å². The molecule has 2 saturated heterocycles. The van der Waals surface area contributed by atoms with Gasteiger partial charge in [-0.25, -0.2) is 0 Å². The van der Waals surface area contributed by atoms with E-state index in [4.69, 9.17) is 4.74 Å². The summed E-state index contributed by atoms with van der Waals surface area (Å²) in [7, 11) is 0. The standard InChI is InChI=1S/C20H28N2O2S/c23-20-13-21(18-8-9-25-15-18)11-19(24-14-17-6-7-17)12-22(20)10-16-4-2-1-3-5-16/h1-5,17-19H,6-15H2. The molecule has 2 unspecified atom stereocenters. The Morgan fingerprint density at radius 2 is 1.96 bits per heavy atom. The lowest BCUT2D eigenvalue weighted by molar-refractivity contribution is -0.132. The first-order valence-electron chi connectivity index (χ1n) is 9.53. The van der Waals surface area contributed by atoms with E-state index >= 15 is 0 Å². The summed E-state index contributed by atoms with van der Waals surface area (Å²) >= 11 is 2.01. The zero-order valence-electron chi connectivity index (χ0n) is 14.8. The van der Waals surface area contributed by atoms with Gasteiger partial charge in [-0.3, -0.25) is 9.69 Å². The third-order valence-corrected chi connectivity index (χ3v) is 6.60. The normalized spacial score (nSPS) is 28.3. The number of thioether (sulfide) groups is 1. The van der Waals surface area contributed by atoms with Gasteiger partial charge in [0.05, 0.1) is 12.6 Å². The number of carbonyl (C=O) groups excluding carboxylic acids is 1. The van der Waals surface area contributed by atoms with Crippen molar-refractivity contribution in [2.45, 2.75) is 38.0 Å². The van der Waals surface area contributed by atoms with Crippen LogP contribution in [-0.2, 0) is 16.1 Å². The van der Waals surface area contributed by atoms with E-state index in [1.54, 1.807) is 0 Å². The van der Waals surface area contributed by atoms with Crippen LogP contribution in [0.2, 0.25) is 0 Å². The fraction of sp³-hybridized carbons (Fsp3) is 0.650. The minimum absolute atomic E-state index is 0.140. The maximum Gasteiger partial charge on any atom is 0.237 e. The molecule has 25 heavy (non-hydrogen) atoms. The van der Waals surface area contributed by atoms with E-state index in [0.29, 0.717) is 19.1 Å². The molecule has 1 aromatic carbocycles. The highest BCUT2D eigenvalue weighted by atomic mass is 32.2. The number of hydrogen-bond acceptors (Lipinski definition) is 4. The summed E-state index contributed by atoms with van der Waals surface area (Å²) in [6, 6.07) is 10.8. The second-order valence-electron chi connectivity index (χ2n) is 7.61. The Morgan fingerprint density at radius 1 is 1.12 bits per heavy atom. The molecule has 3 fully saturated rings. The second kappa shape index (κ2) is 8.11. The van der Waals surface area contributed by atoms with Crippen LogP contribution in [0.25, 0.3) is 0 Å². The molecule has 0 radical (unpaired) electrons. The van der Waals surface area contributed by atoms with Crippen LogP contribution in [0.4, 0.5) is 0 Å². The Bertz CT molecular complexity index is 572. The summed E-state index contributed by atoms with van der Waals surface area (Å²) in [5.41, 5.74) is 1.20. The lowest BCUT2D eigenvalue weighted by Gasteiger charge is -2.28. The van der Waals surface area contributed by atoms with Crippen molar-refractivity contribution in [1.82, 2.24) is 9.80 Å². The van der Waals surface area contributed by atoms with Gasteiger partial charge in [0.1, 0.15) is 0 Å². The number of rotatable bonds is 6. The molecule has 4 nitrogen and oxygen atoms in total. The van der Waals surface area contributed by atoms with Crippen LogP contribution in [-0.4, -0.2) is 65.6 Å². The number of nitrogens with zero attached hydrogens (tertiary/aromatic N) is 2. The lowest BCUT2D eigenvalue weighted by Crippen LogP contribution is -2.42. The summed E-state index contributed by atoms with van der Waals surface area (Å²) in [6.07, 6.45) is 3.96. The molecule has 3 aliphatic rings. The van der Waals surface area contributed by atoms with Crippen molar-refractivity contribution in [2.75, 3.05) is 37.7 Å². The van der Waals surface area contributed by atoms with Gasteiger partial charge in [0.2, 0.25) is 5.91 Å². The summed E-state index contributed by atoms with van der Waals surface area (Å²) in [4.78, 5) is 17.3. The van der Waals surface area contributed by atoms with Crippen molar-refractivity contribution in [3.63, 3.8) is 0 Å². The lowest BCUT2D eigenvalue weighted by atomic mass is 10.2. The molecule has 1 aliphatic carbocycles. The van der Waals surface area contributed by atoms with Gasteiger partial charge in [0.25, 0.3) is 0 Å². The molecule has 4 rings (SSSR count).